The van der Waals surface area contributed by atoms with E-state index in [1.165, 1.54) is 12.1 Å². The van der Waals surface area contributed by atoms with Crippen LogP contribution in [0.4, 0.5) is 0 Å². The third kappa shape index (κ3) is 5.21. The Morgan fingerprint density at radius 1 is 1.45 bits per heavy atom. The lowest BCUT2D eigenvalue weighted by atomic mass is 10.2. The molecule has 1 aromatic rings. The van der Waals surface area contributed by atoms with E-state index >= 15 is 0 Å². The van der Waals surface area contributed by atoms with Crippen LogP contribution in [-0.2, 0) is 10.0 Å². The molecular weight excluding hydrogens is 336 g/mol. The fourth-order valence-electron chi connectivity index (χ4n) is 1.52. The van der Waals surface area contributed by atoms with Crippen molar-refractivity contribution in [3.63, 3.8) is 0 Å². The first-order chi connectivity index (χ1) is 9.38. The number of sulfonamides is 1. The molecule has 0 amide bonds. The third-order valence-electron chi connectivity index (χ3n) is 2.57. The summed E-state index contributed by atoms with van der Waals surface area (Å²) in [6, 6.07) is 4.48. The quantitative estimate of drug-likeness (QED) is 0.555. The molecule has 20 heavy (non-hydrogen) atoms. The second-order valence-corrected chi connectivity index (χ2v) is 7.68. The van der Waals surface area contributed by atoms with Crippen LogP contribution >= 0.6 is 35.6 Å². The Morgan fingerprint density at radius 2 is 2.15 bits per heavy atom. The molecule has 1 aromatic carbocycles. The van der Waals surface area contributed by atoms with Crippen molar-refractivity contribution in [2.75, 3.05) is 18.6 Å². The molecule has 0 aliphatic rings. The van der Waals surface area contributed by atoms with E-state index in [-0.39, 0.29) is 14.9 Å². The summed E-state index contributed by atoms with van der Waals surface area (Å²) < 4.78 is 26.9. The molecule has 0 radical (unpaired) electrons. The first kappa shape index (κ1) is 17.7. The number of nitrogens with two attached hydrogens (primary N) is 1. The Balaban J connectivity index is 2.81. The minimum Gasteiger partial charge on any atom is -0.389 e. The van der Waals surface area contributed by atoms with E-state index in [0.717, 1.165) is 18.6 Å². The topological polar surface area (TPSA) is 72.2 Å². The second-order valence-electron chi connectivity index (χ2n) is 4.11. The molecule has 0 aromatic heterocycles. The SMILES string of the molecule is CSCCCCNS(=O)(=O)c1cc(C(N)=S)ccc1Cl. The number of unbranched alkanes of at least 4 members (excludes halogenated alkanes) is 1. The standard InChI is InChI=1S/C12H17ClN2O2S3/c1-19-7-3-2-6-15-20(16,17)11-8-9(12(14)18)4-5-10(11)13/h4-5,8,15H,2-3,6-7H2,1H3,(H2,14,18). The number of benzene rings is 1. The summed E-state index contributed by atoms with van der Waals surface area (Å²) >= 11 is 12.5. The van der Waals surface area contributed by atoms with Gasteiger partial charge in [0.15, 0.2) is 0 Å². The van der Waals surface area contributed by atoms with Crippen LogP contribution in [0.25, 0.3) is 0 Å². The van der Waals surface area contributed by atoms with Crippen LogP contribution in [0.1, 0.15) is 18.4 Å². The summed E-state index contributed by atoms with van der Waals surface area (Å²) in [4.78, 5) is 0.146. The fraction of sp³-hybridized carbons (Fsp3) is 0.417. The third-order valence-corrected chi connectivity index (χ3v) is 5.45. The molecule has 0 aliphatic heterocycles. The van der Waals surface area contributed by atoms with Crippen LogP contribution in [0, 0.1) is 0 Å². The van der Waals surface area contributed by atoms with Gasteiger partial charge in [0.2, 0.25) is 10.0 Å². The predicted octanol–water partition coefficient (Wildman–Crippen LogP) is 2.40. The van der Waals surface area contributed by atoms with Crippen molar-refractivity contribution in [3.05, 3.63) is 28.8 Å². The lowest BCUT2D eigenvalue weighted by molar-refractivity contribution is 0.578. The highest BCUT2D eigenvalue weighted by Gasteiger charge is 2.18. The van der Waals surface area contributed by atoms with Crippen molar-refractivity contribution in [3.8, 4) is 0 Å². The van der Waals surface area contributed by atoms with Crippen molar-refractivity contribution in [2.45, 2.75) is 17.7 Å². The van der Waals surface area contributed by atoms with Crippen molar-refractivity contribution < 1.29 is 8.42 Å². The van der Waals surface area contributed by atoms with Gasteiger partial charge in [-0.3, -0.25) is 0 Å². The highest BCUT2D eigenvalue weighted by molar-refractivity contribution is 7.98. The van der Waals surface area contributed by atoms with Crippen LogP contribution in [0.15, 0.2) is 23.1 Å². The number of thioether (sulfide) groups is 1. The molecule has 0 fully saturated rings. The van der Waals surface area contributed by atoms with Crippen molar-refractivity contribution >= 4 is 50.6 Å². The minimum atomic E-state index is -3.64. The van der Waals surface area contributed by atoms with E-state index in [9.17, 15) is 8.42 Å². The lowest BCUT2D eigenvalue weighted by Crippen LogP contribution is -2.25. The van der Waals surface area contributed by atoms with E-state index in [1.54, 1.807) is 17.8 Å². The molecular formula is C12H17ClN2O2S3. The molecule has 4 nitrogen and oxygen atoms in total. The van der Waals surface area contributed by atoms with Gasteiger partial charge < -0.3 is 5.73 Å². The maximum absolute atomic E-state index is 12.2. The van der Waals surface area contributed by atoms with Crippen molar-refractivity contribution in [1.29, 1.82) is 0 Å². The van der Waals surface area contributed by atoms with Crippen LogP contribution < -0.4 is 10.5 Å². The van der Waals surface area contributed by atoms with Crippen LogP contribution in [0.2, 0.25) is 5.02 Å². The number of hydrogen-bond donors (Lipinski definition) is 2. The zero-order valence-electron chi connectivity index (χ0n) is 11.1. The van der Waals surface area contributed by atoms with Crippen molar-refractivity contribution in [2.24, 2.45) is 5.73 Å². The summed E-state index contributed by atoms with van der Waals surface area (Å²) in [5.41, 5.74) is 5.98. The van der Waals surface area contributed by atoms with E-state index in [2.05, 4.69) is 4.72 Å². The van der Waals surface area contributed by atoms with Gasteiger partial charge in [-0.25, -0.2) is 13.1 Å². The first-order valence-electron chi connectivity index (χ1n) is 5.96. The highest BCUT2D eigenvalue weighted by atomic mass is 35.5. The summed E-state index contributed by atoms with van der Waals surface area (Å²) in [6.07, 6.45) is 3.77. The second kappa shape index (κ2) is 8.19. The lowest BCUT2D eigenvalue weighted by Gasteiger charge is -2.09. The molecule has 0 saturated carbocycles. The predicted molar refractivity (Wildman–Crippen MR) is 90.1 cm³/mol. The maximum atomic E-state index is 12.2. The largest absolute Gasteiger partial charge is 0.389 e. The van der Waals surface area contributed by atoms with Crippen molar-refractivity contribution in [1.82, 2.24) is 4.72 Å². The Morgan fingerprint density at radius 3 is 2.75 bits per heavy atom. The number of hydrogen-bond acceptors (Lipinski definition) is 4. The van der Waals surface area contributed by atoms with Gasteiger partial charge in [-0.15, -0.1) is 0 Å². The van der Waals surface area contributed by atoms with E-state index in [1.807, 2.05) is 6.26 Å². The fourth-order valence-corrected chi connectivity index (χ4v) is 3.74. The zero-order chi connectivity index (χ0) is 15.2. The average Bonchev–Trinajstić information content (AvgIpc) is 2.38. The molecule has 0 unspecified atom stereocenters. The molecule has 0 bridgehead atoms. The van der Waals surface area contributed by atoms with E-state index < -0.39 is 10.0 Å². The number of halogens is 1. The molecule has 112 valence electrons. The first-order valence-corrected chi connectivity index (χ1v) is 9.63. The van der Waals surface area contributed by atoms with E-state index in [0.29, 0.717) is 12.1 Å². The molecule has 1 rings (SSSR count). The molecule has 3 N–H and O–H groups in total. The molecule has 8 heteroatoms. The Labute approximate surface area is 134 Å². The molecule has 0 atom stereocenters. The van der Waals surface area contributed by atoms with Crippen LogP contribution in [-0.4, -0.2) is 32.0 Å². The smallest absolute Gasteiger partial charge is 0.242 e. The van der Waals surface area contributed by atoms with Crippen LogP contribution in [0.3, 0.4) is 0 Å². The van der Waals surface area contributed by atoms with Gasteiger partial charge in [0.05, 0.1) is 5.02 Å². The summed E-state index contributed by atoms with van der Waals surface area (Å²) in [7, 11) is -3.64. The highest BCUT2D eigenvalue weighted by Crippen LogP contribution is 2.22. The molecule has 0 spiro atoms. The molecule has 0 heterocycles. The van der Waals surface area contributed by atoms with Gasteiger partial charge in [-0.05, 0) is 37.0 Å². The molecule has 0 aliphatic carbocycles. The van der Waals surface area contributed by atoms with Gasteiger partial charge in [-0.2, -0.15) is 11.8 Å². The monoisotopic (exact) mass is 352 g/mol. The van der Waals surface area contributed by atoms with Gasteiger partial charge in [0.1, 0.15) is 9.88 Å². The average molecular weight is 353 g/mol. The van der Waals surface area contributed by atoms with Crippen LogP contribution in [0.5, 0.6) is 0 Å². The van der Waals surface area contributed by atoms with E-state index in [4.69, 9.17) is 29.6 Å². The van der Waals surface area contributed by atoms with Gasteiger partial charge in [0, 0.05) is 12.1 Å². The zero-order valence-corrected chi connectivity index (χ0v) is 14.3. The summed E-state index contributed by atoms with van der Waals surface area (Å²) in [5.74, 6) is 1.01. The Kier molecular flexibility index (Phi) is 7.25. The minimum absolute atomic E-state index is 0.00864. The van der Waals surface area contributed by atoms with Gasteiger partial charge >= 0.3 is 0 Å². The Bertz CT molecular complexity index is 576. The maximum Gasteiger partial charge on any atom is 0.242 e. The normalized spacial score (nSPS) is 11.5. The number of nitrogens with one attached hydrogen (secondary N) is 1. The van der Waals surface area contributed by atoms with Gasteiger partial charge in [-0.1, -0.05) is 29.9 Å². The number of rotatable bonds is 8. The summed E-state index contributed by atoms with van der Waals surface area (Å²) in [6.45, 7) is 0.385. The van der Waals surface area contributed by atoms with Gasteiger partial charge in [0.25, 0.3) is 0 Å². The molecule has 0 saturated heterocycles. The summed E-state index contributed by atoms with van der Waals surface area (Å²) in [5, 5.41) is 0.154. The number of thiocarbonyl (C=S) groups is 1. The Hall–Kier alpha value is -0.340.